The van der Waals surface area contributed by atoms with Gasteiger partial charge in [0.05, 0.1) is 41.2 Å². The number of hydrogen-bond acceptors (Lipinski definition) is 6. The number of carbonyl (C=O) groups excluding carboxylic acids is 1. The van der Waals surface area contributed by atoms with Gasteiger partial charge in [-0.25, -0.2) is 9.37 Å². The molecule has 1 amide bonds. The number of nitrogens with two attached hydrogens (primary N) is 1. The number of hydrogen-bond donors (Lipinski definition) is 1. The molecular formula is C34H31F4N5O3. The summed E-state index contributed by atoms with van der Waals surface area (Å²) in [7, 11) is 0. The number of benzene rings is 3. The number of pyridine rings is 1. The quantitative estimate of drug-likeness (QED) is 0.179. The van der Waals surface area contributed by atoms with E-state index in [1.807, 2.05) is 6.92 Å². The number of nitrogens with zero attached hydrogens (tertiary/aromatic N) is 4. The van der Waals surface area contributed by atoms with Gasteiger partial charge in [-0.05, 0) is 85.6 Å². The number of fused-ring (bicyclic) bond motifs is 1. The fourth-order valence-electron chi connectivity index (χ4n) is 5.30. The number of amides is 1. The van der Waals surface area contributed by atoms with Gasteiger partial charge < -0.3 is 15.4 Å². The Balaban J connectivity index is 1.65. The van der Waals surface area contributed by atoms with Crippen LogP contribution in [0.15, 0.2) is 96.1 Å². The zero-order valence-corrected chi connectivity index (χ0v) is 24.9. The first kappa shape index (κ1) is 32.3. The molecule has 0 saturated heterocycles. The summed E-state index contributed by atoms with van der Waals surface area (Å²) < 4.78 is 61.1. The van der Waals surface area contributed by atoms with Crippen LogP contribution in [-0.2, 0) is 23.9 Å². The van der Waals surface area contributed by atoms with Gasteiger partial charge in [0.15, 0.2) is 0 Å². The highest BCUT2D eigenvalue weighted by Gasteiger charge is 2.35. The van der Waals surface area contributed by atoms with Crippen molar-refractivity contribution in [1.29, 1.82) is 0 Å². The van der Waals surface area contributed by atoms with Crippen LogP contribution in [0.4, 0.5) is 17.6 Å². The van der Waals surface area contributed by atoms with E-state index in [2.05, 4.69) is 4.98 Å². The van der Waals surface area contributed by atoms with E-state index in [1.54, 1.807) is 73.1 Å². The van der Waals surface area contributed by atoms with Crippen LogP contribution >= 0.6 is 0 Å². The Bertz CT molecular complexity index is 1880. The lowest BCUT2D eigenvalue weighted by Crippen LogP contribution is -2.40. The van der Waals surface area contributed by atoms with Crippen molar-refractivity contribution >= 4 is 16.8 Å². The standard InChI is InChI=1S/C34H31F4N5O3/c1-2-46-25-12-10-24(11-13-25)43-32(41-29-8-4-3-7-26(29)33(43)45)30(15-16-39)42(21-23-6-5-17-40-20-23)31(44)19-22-9-14-27(28(35)18-22)34(36,37)38/h3-14,17-18,20,30H,2,15-16,19,21,39H2,1H3. The zero-order chi connectivity index (χ0) is 32.8. The predicted molar refractivity (Wildman–Crippen MR) is 165 cm³/mol. The molecule has 1 unspecified atom stereocenters. The summed E-state index contributed by atoms with van der Waals surface area (Å²) in [5, 5.41) is 0.358. The number of ether oxygens (including phenoxy) is 1. The summed E-state index contributed by atoms with van der Waals surface area (Å²) in [6, 6.07) is 18.7. The van der Waals surface area contributed by atoms with Crippen LogP contribution in [-0.4, -0.2) is 38.5 Å². The van der Waals surface area contributed by atoms with E-state index in [4.69, 9.17) is 15.5 Å². The Morgan fingerprint density at radius 1 is 1.02 bits per heavy atom. The highest BCUT2D eigenvalue weighted by molar-refractivity contribution is 5.80. The van der Waals surface area contributed by atoms with Gasteiger partial charge in [-0.15, -0.1) is 0 Å². The minimum Gasteiger partial charge on any atom is -0.494 e. The molecule has 46 heavy (non-hydrogen) atoms. The molecule has 8 nitrogen and oxygen atoms in total. The summed E-state index contributed by atoms with van der Waals surface area (Å²) in [4.78, 5) is 38.7. The van der Waals surface area contributed by atoms with E-state index in [1.165, 1.54) is 9.47 Å². The molecule has 3 aromatic carbocycles. The third kappa shape index (κ3) is 7.07. The molecule has 0 aliphatic heterocycles. The Labute approximate surface area is 262 Å². The monoisotopic (exact) mass is 633 g/mol. The summed E-state index contributed by atoms with van der Waals surface area (Å²) in [5.41, 5.74) is 5.87. The van der Waals surface area contributed by atoms with E-state index in [0.29, 0.717) is 46.6 Å². The van der Waals surface area contributed by atoms with E-state index < -0.39 is 35.9 Å². The van der Waals surface area contributed by atoms with Gasteiger partial charge >= 0.3 is 6.18 Å². The minimum atomic E-state index is -4.88. The van der Waals surface area contributed by atoms with Crippen LogP contribution in [0.25, 0.3) is 16.6 Å². The van der Waals surface area contributed by atoms with Crippen LogP contribution in [0.5, 0.6) is 5.75 Å². The van der Waals surface area contributed by atoms with Crippen LogP contribution in [0.1, 0.15) is 41.9 Å². The van der Waals surface area contributed by atoms with Gasteiger partial charge in [0.2, 0.25) is 5.91 Å². The smallest absolute Gasteiger partial charge is 0.419 e. The maximum absolute atomic E-state index is 14.5. The van der Waals surface area contributed by atoms with Crippen molar-refractivity contribution in [3.63, 3.8) is 0 Å². The van der Waals surface area contributed by atoms with Gasteiger partial charge in [0.1, 0.15) is 17.4 Å². The first-order valence-electron chi connectivity index (χ1n) is 14.6. The van der Waals surface area contributed by atoms with E-state index in [0.717, 1.165) is 6.07 Å². The first-order valence-corrected chi connectivity index (χ1v) is 14.6. The average molecular weight is 634 g/mol. The molecule has 1 atom stereocenters. The molecule has 5 aromatic rings. The highest BCUT2D eigenvalue weighted by Crippen LogP contribution is 2.33. The fourth-order valence-corrected chi connectivity index (χ4v) is 5.30. The number of alkyl halides is 3. The second-order valence-electron chi connectivity index (χ2n) is 10.5. The van der Waals surface area contributed by atoms with E-state index in [9.17, 15) is 27.2 Å². The lowest BCUT2D eigenvalue weighted by Gasteiger charge is -2.33. The number of para-hydroxylation sites is 1. The van der Waals surface area contributed by atoms with Gasteiger partial charge in [-0.1, -0.05) is 24.3 Å². The van der Waals surface area contributed by atoms with Crippen molar-refractivity contribution in [2.24, 2.45) is 5.73 Å². The summed E-state index contributed by atoms with van der Waals surface area (Å²) >= 11 is 0. The van der Waals surface area contributed by atoms with Crippen molar-refractivity contribution in [1.82, 2.24) is 19.4 Å². The molecule has 0 aliphatic carbocycles. The van der Waals surface area contributed by atoms with Gasteiger partial charge in [-0.2, -0.15) is 13.2 Å². The Hall–Kier alpha value is -5.10. The Morgan fingerprint density at radius 2 is 1.78 bits per heavy atom. The number of halogens is 4. The zero-order valence-electron chi connectivity index (χ0n) is 24.9. The van der Waals surface area contributed by atoms with Gasteiger partial charge in [0.25, 0.3) is 5.56 Å². The molecule has 2 N–H and O–H groups in total. The molecule has 238 valence electrons. The molecule has 0 saturated carbocycles. The number of carbonyl (C=O) groups is 1. The van der Waals surface area contributed by atoms with Crippen molar-refractivity contribution in [2.45, 2.75) is 38.5 Å². The highest BCUT2D eigenvalue weighted by atomic mass is 19.4. The fraction of sp³-hybridized carbons (Fsp3) is 0.235. The normalized spacial score (nSPS) is 12.2. The molecule has 0 fully saturated rings. The molecule has 2 heterocycles. The molecule has 0 spiro atoms. The third-order valence-corrected chi connectivity index (χ3v) is 7.41. The van der Waals surface area contributed by atoms with Crippen molar-refractivity contribution < 1.29 is 27.1 Å². The SMILES string of the molecule is CCOc1ccc(-n2c(C(CCN)N(Cc3cccnc3)C(=O)Cc3ccc(C(F)(F)F)c(F)c3)nc3ccccc3c2=O)cc1. The summed E-state index contributed by atoms with van der Waals surface area (Å²) in [6.07, 6.45) is -1.97. The molecule has 0 radical (unpaired) electrons. The molecule has 2 aromatic heterocycles. The minimum absolute atomic E-state index is 0.00638. The Morgan fingerprint density at radius 3 is 2.43 bits per heavy atom. The van der Waals surface area contributed by atoms with Gasteiger partial charge in [-0.3, -0.25) is 19.1 Å². The molecular weight excluding hydrogens is 602 g/mol. The van der Waals surface area contributed by atoms with Crippen molar-refractivity contribution in [2.75, 3.05) is 13.2 Å². The third-order valence-electron chi connectivity index (χ3n) is 7.41. The molecule has 0 bridgehead atoms. The van der Waals surface area contributed by atoms with Crippen molar-refractivity contribution in [3.05, 3.63) is 130 Å². The lowest BCUT2D eigenvalue weighted by molar-refractivity contribution is -0.140. The maximum atomic E-state index is 14.5. The van der Waals surface area contributed by atoms with Crippen LogP contribution in [0, 0.1) is 5.82 Å². The van der Waals surface area contributed by atoms with E-state index in [-0.39, 0.29) is 36.5 Å². The molecule has 12 heteroatoms. The summed E-state index contributed by atoms with van der Waals surface area (Å²) in [5.74, 6) is -1.18. The second kappa shape index (κ2) is 13.9. The van der Waals surface area contributed by atoms with Gasteiger partial charge in [0, 0.05) is 18.9 Å². The number of rotatable bonds is 11. The predicted octanol–water partition coefficient (Wildman–Crippen LogP) is 6.00. The molecule has 0 aliphatic rings. The average Bonchev–Trinajstić information content (AvgIpc) is 3.03. The van der Waals surface area contributed by atoms with Crippen LogP contribution < -0.4 is 16.0 Å². The van der Waals surface area contributed by atoms with E-state index >= 15 is 0 Å². The summed E-state index contributed by atoms with van der Waals surface area (Å²) in [6.45, 7) is 2.41. The Kier molecular flexibility index (Phi) is 9.76. The topological polar surface area (TPSA) is 103 Å². The van der Waals surface area contributed by atoms with Crippen molar-refractivity contribution in [3.8, 4) is 11.4 Å². The maximum Gasteiger partial charge on any atom is 0.419 e. The van der Waals surface area contributed by atoms with Crippen LogP contribution in [0.3, 0.4) is 0 Å². The molecule has 5 rings (SSSR count). The lowest BCUT2D eigenvalue weighted by atomic mass is 10.0. The second-order valence-corrected chi connectivity index (χ2v) is 10.5. The largest absolute Gasteiger partial charge is 0.494 e. The number of aromatic nitrogens is 3. The first-order chi connectivity index (χ1) is 22.1. The van der Waals surface area contributed by atoms with Crippen LogP contribution in [0.2, 0.25) is 0 Å².